The first-order chi connectivity index (χ1) is 9.78. The number of guanidine groups is 1. The predicted molar refractivity (Wildman–Crippen MR) is 86.0 cm³/mol. The van der Waals surface area contributed by atoms with Gasteiger partial charge < -0.3 is 11.1 Å². The Bertz CT molecular complexity index is 416. The molecule has 3 heteroatoms. The number of benzene rings is 1. The Morgan fingerprint density at radius 3 is 2.45 bits per heavy atom. The molecule has 0 bridgehead atoms. The summed E-state index contributed by atoms with van der Waals surface area (Å²) in [6, 6.07) is 9.32. The number of aryl methyl sites for hydroxylation is 1. The lowest BCUT2D eigenvalue weighted by Crippen LogP contribution is -2.41. The van der Waals surface area contributed by atoms with E-state index in [0.29, 0.717) is 12.0 Å². The van der Waals surface area contributed by atoms with Crippen molar-refractivity contribution in [1.29, 1.82) is 0 Å². The molecule has 110 valence electrons. The molecule has 1 aromatic rings. The van der Waals surface area contributed by atoms with E-state index in [-0.39, 0.29) is 0 Å². The van der Waals surface area contributed by atoms with E-state index in [4.69, 9.17) is 5.73 Å². The zero-order chi connectivity index (χ0) is 14.2. The summed E-state index contributed by atoms with van der Waals surface area (Å²) in [7, 11) is 0. The standard InChI is InChI=1S/C17H27N3/c1-2-14-8-10-15(11-9-14)12-13-19-17(18)20-16-6-4-3-5-7-16/h8-11,16H,2-7,12-13H2,1H3,(H3,18,19,20). The third-order valence-electron chi connectivity index (χ3n) is 4.07. The first kappa shape index (κ1) is 14.9. The highest BCUT2D eigenvalue weighted by atomic mass is 15.1. The van der Waals surface area contributed by atoms with Gasteiger partial charge in [-0.05, 0) is 36.8 Å². The predicted octanol–water partition coefficient (Wildman–Crippen LogP) is 3.03. The van der Waals surface area contributed by atoms with Gasteiger partial charge in [0.2, 0.25) is 0 Å². The van der Waals surface area contributed by atoms with Crippen molar-refractivity contribution in [3.8, 4) is 0 Å². The van der Waals surface area contributed by atoms with Crippen LogP contribution in [-0.4, -0.2) is 18.5 Å². The highest BCUT2D eigenvalue weighted by Gasteiger charge is 2.12. The first-order valence-electron chi connectivity index (χ1n) is 7.92. The maximum atomic E-state index is 5.95. The Hall–Kier alpha value is -1.51. The summed E-state index contributed by atoms with van der Waals surface area (Å²) in [5.74, 6) is 0.613. The molecule has 0 saturated heterocycles. The van der Waals surface area contributed by atoms with Crippen LogP contribution in [0.25, 0.3) is 0 Å². The minimum absolute atomic E-state index is 0.538. The van der Waals surface area contributed by atoms with Gasteiger partial charge in [-0.25, -0.2) is 0 Å². The average Bonchev–Trinajstić information content (AvgIpc) is 2.49. The third-order valence-corrected chi connectivity index (χ3v) is 4.07. The molecule has 2 rings (SSSR count). The average molecular weight is 273 g/mol. The van der Waals surface area contributed by atoms with Crippen molar-refractivity contribution in [2.75, 3.05) is 6.54 Å². The minimum atomic E-state index is 0.538. The Morgan fingerprint density at radius 1 is 1.15 bits per heavy atom. The summed E-state index contributed by atoms with van der Waals surface area (Å²) >= 11 is 0. The fourth-order valence-corrected chi connectivity index (χ4v) is 2.75. The van der Waals surface area contributed by atoms with Crippen LogP contribution in [-0.2, 0) is 12.8 Å². The second-order valence-electron chi connectivity index (χ2n) is 5.67. The highest BCUT2D eigenvalue weighted by Crippen LogP contribution is 2.17. The summed E-state index contributed by atoms with van der Waals surface area (Å²) < 4.78 is 0. The zero-order valence-corrected chi connectivity index (χ0v) is 12.6. The van der Waals surface area contributed by atoms with Crippen molar-refractivity contribution in [2.24, 2.45) is 10.7 Å². The van der Waals surface area contributed by atoms with E-state index < -0.39 is 0 Å². The number of nitrogens with zero attached hydrogens (tertiary/aromatic N) is 1. The molecule has 1 aliphatic rings. The maximum Gasteiger partial charge on any atom is 0.188 e. The van der Waals surface area contributed by atoms with Crippen molar-refractivity contribution in [2.45, 2.75) is 57.9 Å². The normalized spacial score (nSPS) is 17.1. The van der Waals surface area contributed by atoms with E-state index in [1.54, 1.807) is 0 Å². The number of nitrogens with two attached hydrogens (primary N) is 1. The molecule has 20 heavy (non-hydrogen) atoms. The van der Waals surface area contributed by atoms with E-state index in [1.807, 2.05) is 0 Å². The van der Waals surface area contributed by atoms with Crippen molar-refractivity contribution in [1.82, 2.24) is 5.32 Å². The van der Waals surface area contributed by atoms with Crippen LogP contribution < -0.4 is 11.1 Å². The van der Waals surface area contributed by atoms with Crippen LogP contribution in [0.3, 0.4) is 0 Å². The lowest BCUT2D eigenvalue weighted by molar-refractivity contribution is 0.412. The Balaban J connectivity index is 1.73. The van der Waals surface area contributed by atoms with Gasteiger partial charge in [-0.15, -0.1) is 0 Å². The van der Waals surface area contributed by atoms with Gasteiger partial charge in [0.25, 0.3) is 0 Å². The SMILES string of the molecule is CCc1ccc(CCN=C(N)NC2CCCCC2)cc1. The Morgan fingerprint density at radius 2 is 1.80 bits per heavy atom. The number of rotatable bonds is 5. The molecule has 0 aliphatic heterocycles. The topological polar surface area (TPSA) is 50.4 Å². The number of hydrogen-bond acceptors (Lipinski definition) is 1. The fourth-order valence-electron chi connectivity index (χ4n) is 2.75. The molecule has 3 nitrogen and oxygen atoms in total. The molecule has 0 heterocycles. The minimum Gasteiger partial charge on any atom is -0.370 e. The van der Waals surface area contributed by atoms with E-state index in [9.17, 15) is 0 Å². The molecule has 0 spiro atoms. The smallest absolute Gasteiger partial charge is 0.188 e. The Labute approximate surface area is 122 Å². The molecular weight excluding hydrogens is 246 g/mol. The molecule has 1 aromatic carbocycles. The number of hydrogen-bond donors (Lipinski definition) is 2. The molecule has 0 atom stereocenters. The van der Waals surface area contributed by atoms with Crippen LogP contribution >= 0.6 is 0 Å². The van der Waals surface area contributed by atoms with Gasteiger partial charge in [0.1, 0.15) is 0 Å². The van der Waals surface area contributed by atoms with Crippen LogP contribution in [0.5, 0.6) is 0 Å². The molecule has 3 N–H and O–H groups in total. The van der Waals surface area contributed by atoms with Crippen LogP contribution in [0.4, 0.5) is 0 Å². The van der Waals surface area contributed by atoms with E-state index in [2.05, 4.69) is 41.5 Å². The van der Waals surface area contributed by atoms with E-state index in [1.165, 1.54) is 43.2 Å². The second kappa shape index (κ2) is 7.93. The summed E-state index contributed by atoms with van der Waals surface area (Å²) in [6.45, 7) is 2.94. The molecule has 0 radical (unpaired) electrons. The molecule has 1 saturated carbocycles. The third kappa shape index (κ3) is 4.87. The van der Waals surface area contributed by atoms with E-state index in [0.717, 1.165) is 19.4 Å². The number of aliphatic imine (C=N–C) groups is 1. The summed E-state index contributed by atoms with van der Waals surface area (Å²) in [6.07, 6.45) is 8.50. The lowest BCUT2D eigenvalue weighted by Gasteiger charge is -2.23. The lowest BCUT2D eigenvalue weighted by atomic mass is 9.96. The highest BCUT2D eigenvalue weighted by molar-refractivity contribution is 5.78. The Kier molecular flexibility index (Phi) is 5.90. The van der Waals surface area contributed by atoms with Crippen molar-refractivity contribution < 1.29 is 0 Å². The van der Waals surface area contributed by atoms with Gasteiger partial charge in [0, 0.05) is 12.6 Å². The second-order valence-corrected chi connectivity index (χ2v) is 5.67. The van der Waals surface area contributed by atoms with Gasteiger partial charge in [-0.2, -0.15) is 0 Å². The van der Waals surface area contributed by atoms with Crippen LogP contribution in [0.15, 0.2) is 29.3 Å². The van der Waals surface area contributed by atoms with Gasteiger partial charge in [0.15, 0.2) is 5.96 Å². The van der Waals surface area contributed by atoms with Crippen LogP contribution in [0, 0.1) is 0 Å². The molecule has 0 amide bonds. The zero-order valence-electron chi connectivity index (χ0n) is 12.6. The molecule has 0 unspecified atom stereocenters. The maximum absolute atomic E-state index is 5.95. The molecular formula is C17H27N3. The van der Waals surface area contributed by atoms with Gasteiger partial charge in [0.05, 0.1) is 0 Å². The van der Waals surface area contributed by atoms with Crippen molar-refractivity contribution in [3.05, 3.63) is 35.4 Å². The van der Waals surface area contributed by atoms with E-state index >= 15 is 0 Å². The van der Waals surface area contributed by atoms with Gasteiger partial charge >= 0.3 is 0 Å². The van der Waals surface area contributed by atoms with Crippen LogP contribution in [0.2, 0.25) is 0 Å². The first-order valence-corrected chi connectivity index (χ1v) is 7.92. The molecule has 1 fully saturated rings. The summed E-state index contributed by atoms with van der Waals surface area (Å²) in [5, 5.41) is 3.35. The molecule has 0 aromatic heterocycles. The summed E-state index contributed by atoms with van der Waals surface area (Å²) in [4.78, 5) is 4.44. The largest absolute Gasteiger partial charge is 0.370 e. The summed E-state index contributed by atoms with van der Waals surface area (Å²) in [5.41, 5.74) is 8.67. The van der Waals surface area contributed by atoms with Crippen molar-refractivity contribution >= 4 is 5.96 Å². The van der Waals surface area contributed by atoms with Crippen LogP contribution in [0.1, 0.15) is 50.2 Å². The monoisotopic (exact) mass is 273 g/mol. The fraction of sp³-hybridized carbons (Fsp3) is 0.588. The van der Waals surface area contributed by atoms with Crippen molar-refractivity contribution in [3.63, 3.8) is 0 Å². The van der Waals surface area contributed by atoms with Gasteiger partial charge in [-0.1, -0.05) is 50.5 Å². The van der Waals surface area contributed by atoms with Gasteiger partial charge in [-0.3, -0.25) is 4.99 Å². The molecule has 1 aliphatic carbocycles. The quantitative estimate of drug-likeness (QED) is 0.640. The number of nitrogens with one attached hydrogen (secondary N) is 1.